The molecule has 19 heavy (non-hydrogen) atoms. The van der Waals surface area contributed by atoms with E-state index in [9.17, 15) is 9.59 Å². The third-order valence-corrected chi connectivity index (χ3v) is 3.26. The highest BCUT2D eigenvalue weighted by Crippen LogP contribution is 2.19. The van der Waals surface area contributed by atoms with E-state index < -0.39 is 0 Å². The highest BCUT2D eigenvalue weighted by atomic mass is 16.2. The van der Waals surface area contributed by atoms with Gasteiger partial charge in [0.2, 0.25) is 5.91 Å². The number of nitrogens with zero attached hydrogens (tertiary/aromatic N) is 2. The number of amides is 1. The molecule has 1 aromatic heterocycles. The molecule has 102 valence electrons. The number of hydrogen-bond acceptors (Lipinski definition) is 2. The first kappa shape index (κ1) is 13.4. The van der Waals surface area contributed by atoms with Crippen LogP contribution in [0.4, 0.5) is 5.69 Å². The second-order valence-corrected chi connectivity index (χ2v) is 4.38. The van der Waals surface area contributed by atoms with Crippen LogP contribution in [-0.2, 0) is 17.9 Å². The van der Waals surface area contributed by atoms with E-state index in [1.54, 1.807) is 9.13 Å². The average molecular weight is 261 g/mol. The molecule has 0 aliphatic rings. The molecule has 1 heterocycles. The van der Waals surface area contributed by atoms with E-state index >= 15 is 0 Å². The number of hydrogen-bond donors (Lipinski definition) is 1. The smallest absolute Gasteiger partial charge is 0.326 e. The molecule has 1 aromatic carbocycles. The van der Waals surface area contributed by atoms with E-state index in [0.717, 1.165) is 16.7 Å². The third-order valence-electron chi connectivity index (χ3n) is 3.26. The molecule has 5 heteroatoms. The zero-order chi connectivity index (χ0) is 14.0. The van der Waals surface area contributed by atoms with Gasteiger partial charge in [0, 0.05) is 25.2 Å². The summed E-state index contributed by atoms with van der Waals surface area (Å²) in [5.74, 6) is -0.0281. The van der Waals surface area contributed by atoms with Crippen molar-refractivity contribution in [2.45, 2.75) is 40.3 Å². The third kappa shape index (κ3) is 2.28. The van der Waals surface area contributed by atoms with Crippen LogP contribution in [0.3, 0.4) is 0 Å². The van der Waals surface area contributed by atoms with Gasteiger partial charge >= 0.3 is 5.69 Å². The largest absolute Gasteiger partial charge is 0.329 e. The van der Waals surface area contributed by atoms with Gasteiger partial charge in [-0.3, -0.25) is 13.9 Å². The molecular formula is C14H19N3O2. The highest BCUT2D eigenvalue weighted by molar-refractivity contribution is 5.93. The monoisotopic (exact) mass is 261 g/mol. The summed E-state index contributed by atoms with van der Waals surface area (Å²) in [6.07, 6.45) is 0.439. The Morgan fingerprint density at radius 2 is 1.74 bits per heavy atom. The molecule has 0 aliphatic heterocycles. The summed E-state index contributed by atoms with van der Waals surface area (Å²) in [6, 6.07) is 5.58. The Balaban J connectivity index is 2.59. The summed E-state index contributed by atoms with van der Waals surface area (Å²) in [4.78, 5) is 23.6. The first-order valence-corrected chi connectivity index (χ1v) is 6.65. The number of anilines is 1. The molecule has 0 bridgehead atoms. The normalized spacial score (nSPS) is 10.9. The molecule has 2 aromatic rings. The standard InChI is InChI=1S/C14H19N3O2/c1-4-13(18)15-10-7-8-11-12(9-10)17(6-3)14(19)16(11)5-2/h7-9H,4-6H2,1-3H3,(H,15,18). The van der Waals surface area contributed by atoms with Crippen molar-refractivity contribution in [2.75, 3.05) is 5.32 Å². The second-order valence-electron chi connectivity index (χ2n) is 4.38. The minimum atomic E-state index is -0.0281. The van der Waals surface area contributed by atoms with Gasteiger partial charge in [0.05, 0.1) is 11.0 Å². The predicted molar refractivity (Wildman–Crippen MR) is 76.5 cm³/mol. The number of aromatic nitrogens is 2. The fourth-order valence-corrected chi connectivity index (χ4v) is 2.26. The number of nitrogens with one attached hydrogen (secondary N) is 1. The van der Waals surface area contributed by atoms with Crippen LogP contribution in [-0.4, -0.2) is 15.0 Å². The maximum absolute atomic E-state index is 12.2. The molecular weight excluding hydrogens is 242 g/mol. The van der Waals surface area contributed by atoms with Crippen LogP contribution in [0.25, 0.3) is 11.0 Å². The molecule has 0 atom stereocenters. The fourth-order valence-electron chi connectivity index (χ4n) is 2.26. The number of carbonyl (C=O) groups is 1. The summed E-state index contributed by atoms with van der Waals surface area (Å²) < 4.78 is 3.46. The molecule has 1 N–H and O–H groups in total. The van der Waals surface area contributed by atoms with Crippen molar-refractivity contribution in [3.63, 3.8) is 0 Å². The van der Waals surface area contributed by atoms with Crippen LogP contribution in [0.5, 0.6) is 0 Å². The molecule has 0 aliphatic carbocycles. The average Bonchev–Trinajstić information content (AvgIpc) is 2.68. The molecule has 0 radical (unpaired) electrons. The topological polar surface area (TPSA) is 56.0 Å². The van der Waals surface area contributed by atoms with Crippen molar-refractivity contribution >= 4 is 22.6 Å². The van der Waals surface area contributed by atoms with E-state index in [1.807, 2.05) is 39.0 Å². The zero-order valence-corrected chi connectivity index (χ0v) is 11.6. The van der Waals surface area contributed by atoms with E-state index in [4.69, 9.17) is 0 Å². The predicted octanol–water partition coefficient (Wildman–Crippen LogP) is 2.19. The van der Waals surface area contributed by atoms with Crippen molar-refractivity contribution in [2.24, 2.45) is 0 Å². The Morgan fingerprint density at radius 1 is 1.11 bits per heavy atom. The quantitative estimate of drug-likeness (QED) is 0.917. The van der Waals surface area contributed by atoms with Crippen LogP contribution in [0, 0.1) is 0 Å². The Bertz CT molecular complexity index is 667. The Morgan fingerprint density at radius 3 is 2.32 bits per heavy atom. The minimum absolute atomic E-state index is 0.000956. The number of carbonyl (C=O) groups excluding carboxylic acids is 1. The van der Waals surface area contributed by atoms with E-state index in [2.05, 4.69) is 5.32 Å². The van der Waals surface area contributed by atoms with E-state index in [0.29, 0.717) is 19.5 Å². The first-order chi connectivity index (χ1) is 9.12. The molecule has 0 unspecified atom stereocenters. The molecule has 5 nitrogen and oxygen atoms in total. The maximum Gasteiger partial charge on any atom is 0.329 e. The van der Waals surface area contributed by atoms with Crippen LogP contribution in [0.15, 0.2) is 23.0 Å². The van der Waals surface area contributed by atoms with Crippen molar-refractivity contribution < 1.29 is 4.79 Å². The van der Waals surface area contributed by atoms with Crippen molar-refractivity contribution in [3.8, 4) is 0 Å². The number of aryl methyl sites for hydroxylation is 2. The van der Waals surface area contributed by atoms with Crippen molar-refractivity contribution in [1.82, 2.24) is 9.13 Å². The lowest BCUT2D eigenvalue weighted by Gasteiger charge is -2.05. The minimum Gasteiger partial charge on any atom is -0.326 e. The van der Waals surface area contributed by atoms with Crippen molar-refractivity contribution in [3.05, 3.63) is 28.7 Å². The molecule has 2 rings (SSSR count). The first-order valence-electron chi connectivity index (χ1n) is 6.65. The second kappa shape index (κ2) is 5.30. The van der Waals surface area contributed by atoms with Gasteiger partial charge in [-0.1, -0.05) is 6.92 Å². The van der Waals surface area contributed by atoms with Crippen LogP contribution in [0.1, 0.15) is 27.2 Å². The van der Waals surface area contributed by atoms with Gasteiger partial charge in [0.15, 0.2) is 0 Å². The van der Waals surface area contributed by atoms with E-state index in [1.165, 1.54) is 0 Å². The number of rotatable bonds is 4. The Hall–Kier alpha value is -2.04. The van der Waals surface area contributed by atoms with Gasteiger partial charge in [-0.05, 0) is 32.0 Å². The number of benzene rings is 1. The molecule has 0 saturated carbocycles. The summed E-state index contributed by atoms with van der Waals surface area (Å²) in [7, 11) is 0. The molecule has 0 fully saturated rings. The van der Waals surface area contributed by atoms with Crippen LogP contribution < -0.4 is 11.0 Å². The van der Waals surface area contributed by atoms with Gasteiger partial charge in [0.1, 0.15) is 0 Å². The van der Waals surface area contributed by atoms with E-state index in [-0.39, 0.29) is 11.6 Å². The highest BCUT2D eigenvalue weighted by Gasteiger charge is 2.11. The summed E-state index contributed by atoms with van der Waals surface area (Å²) >= 11 is 0. The van der Waals surface area contributed by atoms with Gasteiger partial charge in [-0.25, -0.2) is 4.79 Å². The lowest BCUT2D eigenvalue weighted by molar-refractivity contribution is -0.115. The summed E-state index contributed by atoms with van der Waals surface area (Å²) in [5, 5.41) is 2.82. The SMILES string of the molecule is CCC(=O)Nc1ccc2c(c1)n(CC)c(=O)n2CC. The van der Waals surface area contributed by atoms with Crippen molar-refractivity contribution in [1.29, 1.82) is 0 Å². The molecule has 1 amide bonds. The zero-order valence-electron chi connectivity index (χ0n) is 11.6. The van der Waals surface area contributed by atoms with Gasteiger partial charge in [-0.2, -0.15) is 0 Å². The van der Waals surface area contributed by atoms with Crippen LogP contribution in [0.2, 0.25) is 0 Å². The Labute approximate surface area is 111 Å². The summed E-state index contributed by atoms with van der Waals surface area (Å²) in [5.41, 5.74) is 2.50. The van der Waals surface area contributed by atoms with Gasteiger partial charge in [-0.15, -0.1) is 0 Å². The van der Waals surface area contributed by atoms with Gasteiger partial charge in [0.25, 0.3) is 0 Å². The maximum atomic E-state index is 12.2. The number of imidazole rings is 1. The lowest BCUT2D eigenvalue weighted by atomic mass is 10.2. The fraction of sp³-hybridized carbons (Fsp3) is 0.429. The molecule has 0 spiro atoms. The van der Waals surface area contributed by atoms with Gasteiger partial charge < -0.3 is 5.32 Å². The van der Waals surface area contributed by atoms with Crippen LogP contribution >= 0.6 is 0 Å². The molecule has 0 saturated heterocycles. The Kier molecular flexibility index (Phi) is 3.74. The number of fused-ring (bicyclic) bond motifs is 1. The lowest BCUT2D eigenvalue weighted by Crippen LogP contribution is -2.23. The summed E-state index contributed by atoms with van der Waals surface area (Å²) in [6.45, 7) is 6.96.